The van der Waals surface area contributed by atoms with Gasteiger partial charge in [-0.05, 0) is 18.6 Å². The molecule has 9 heteroatoms. The number of aromatic nitrogens is 3. The van der Waals surface area contributed by atoms with Gasteiger partial charge in [-0.3, -0.25) is 5.10 Å². The smallest absolute Gasteiger partial charge is 0.317 e. The molecule has 2 N–H and O–H groups in total. The van der Waals surface area contributed by atoms with Gasteiger partial charge >= 0.3 is 6.03 Å². The van der Waals surface area contributed by atoms with E-state index in [2.05, 4.69) is 20.5 Å². The summed E-state index contributed by atoms with van der Waals surface area (Å²) in [4.78, 5) is 19.5. The number of carbonyl (C=O) groups is 1. The number of amides is 2. The summed E-state index contributed by atoms with van der Waals surface area (Å²) >= 11 is 0. The Bertz CT molecular complexity index is 791. The summed E-state index contributed by atoms with van der Waals surface area (Å²) in [7, 11) is 3.31. The maximum absolute atomic E-state index is 13.1. The average molecular weight is 350 g/mol. The lowest BCUT2D eigenvalue weighted by atomic mass is 10.1. The fourth-order valence-electron chi connectivity index (χ4n) is 2.94. The van der Waals surface area contributed by atoms with Gasteiger partial charge in [0.25, 0.3) is 6.43 Å². The van der Waals surface area contributed by atoms with E-state index >= 15 is 0 Å². The Morgan fingerprint density at radius 2 is 2.24 bits per heavy atom. The van der Waals surface area contributed by atoms with Crippen molar-refractivity contribution < 1.29 is 13.6 Å². The molecule has 0 saturated carbocycles. The van der Waals surface area contributed by atoms with Crippen LogP contribution < -0.4 is 10.2 Å². The Balaban J connectivity index is 1.92. The number of fused-ring (bicyclic) bond motifs is 1. The van der Waals surface area contributed by atoms with E-state index in [1.165, 1.54) is 12.3 Å². The number of aromatic amines is 1. The minimum Gasteiger partial charge on any atom is -0.341 e. The molecule has 2 aromatic heterocycles. The number of pyridine rings is 1. The van der Waals surface area contributed by atoms with Crippen molar-refractivity contribution in [2.24, 2.45) is 0 Å². The number of aryl methyl sites for hydroxylation is 1. The van der Waals surface area contributed by atoms with Crippen LogP contribution in [0.3, 0.4) is 0 Å². The highest BCUT2D eigenvalue weighted by molar-refractivity contribution is 5.74. The summed E-state index contributed by atoms with van der Waals surface area (Å²) in [5.74, 6) is 0.965. The third kappa shape index (κ3) is 3.13. The highest BCUT2D eigenvalue weighted by Crippen LogP contribution is 2.32. The topological polar surface area (TPSA) is 77.2 Å². The fourth-order valence-corrected chi connectivity index (χ4v) is 2.94. The molecule has 0 saturated heterocycles. The third-order valence-electron chi connectivity index (χ3n) is 4.44. The molecule has 0 fully saturated rings. The number of alkyl halides is 2. The normalized spacial score (nSPS) is 13.8. The van der Waals surface area contributed by atoms with Gasteiger partial charge in [0.2, 0.25) is 0 Å². The van der Waals surface area contributed by atoms with Gasteiger partial charge in [-0.2, -0.15) is 5.10 Å². The van der Waals surface area contributed by atoms with Crippen molar-refractivity contribution in [3.63, 3.8) is 0 Å². The Kier molecular flexibility index (Phi) is 4.56. The van der Waals surface area contributed by atoms with E-state index in [1.807, 2.05) is 0 Å². The van der Waals surface area contributed by atoms with Crippen molar-refractivity contribution in [2.45, 2.75) is 26.3 Å². The molecule has 0 radical (unpaired) electrons. The third-order valence-corrected chi connectivity index (χ3v) is 4.44. The number of anilines is 2. The number of nitrogens with one attached hydrogen (secondary N) is 2. The molecule has 25 heavy (non-hydrogen) atoms. The highest BCUT2D eigenvalue weighted by Gasteiger charge is 2.27. The number of hydrogen-bond acceptors (Lipinski definition) is 4. The molecular weight excluding hydrogens is 330 g/mol. The monoisotopic (exact) mass is 350 g/mol. The van der Waals surface area contributed by atoms with Crippen molar-refractivity contribution in [3.05, 3.63) is 34.6 Å². The Labute approximate surface area is 144 Å². The van der Waals surface area contributed by atoms with E-state index in [0.29, 0.717) is 36.7 Å². The SMILES string of the molecule is CNC(=O)N1CCc2[nH]nc(N(C)c3cc(C(F)F)c(C)cn3)c2C1. The van der Waals surface area contributed by atoms with Gasteiger partial charge in [-0.25, -0.2) is 18.6 Å². The van der Waals surface area contributed by atoms with Crippen LogP contribution in [0.1, 0.15) is 28.8 Å². The summed E-state index contributed by atoms with van der Waals surface area (Å²) < 4.78 is 26.3. The standard InChI is InChI=1S/C16H20F2N6O/c1-9-7-20-13(6-10(9)14(17)18)23(3)15-11-8-24(16(25)19-2)5-4-12(11)21-22-15/h6-7,14H,4-5,8H2,1-3H3,(H,19,25)(H,21,22). The highest BCUT2D eigenvalue weighted by atomic mass is 19.3. The molecule has 0 aliphatic carbocycles. The van der Waals surface area contributed by atoms with E-state index in [9.17, 15) is 13.6 Å². The van der Waals surface area contributed by atoms with Crippen molar-refractivity contribution >= 4 is 17.7 Å². The molecule has 3 rings (SSSR count). The molecule has 1 aliphatic heterocycles. The van der Waals surface area contributed by atoms with Crippen molar-refractivity contribution in [1.29, 1.82) is 0 Å². The Morgan fingerprint density at radius 3 is 2.92 bits per heavy atom. The molecule has 3 heterocycles. The van der Waals surface area contributed by atoms with E-state index in [0.717, 1.165) is 11.3 Å². The predicted octanol–water partition coefficient (Wildman–Crippen LogP) is 2.52. The lowest BCUT2D eigenvalue weighted by Crippen LogP contribution is -2.41. The van der Waals surface area contributed by atoms with Gasteiger partial charge in [0.1, 0.15) is 5.82 Å². The van der Waals surface area contributed by atoms with Gasteiger partial charge in [0, 0.05) is 50.1 Å². The first-order valence-corrected chi connectivity index (χ1v) is 7.93. The second-order valence-corrected chi connectivity index (χ2v) is 5.99. The summed E-state index contributed by atoms with van der Waals surface area (Å²) in [6, 6.07) is 1.22. The van der Waals surface area contributed by atoms with E-state index < -0.39 is 6.43 Å². The first-order valence-electron chi connectivity index (χ1n) is 7.93. The van der Waals surface area contributed by atoms with Crippen LogP contribution in [0.2, 0.25) is 0 Å². The molecule has 134 valence electrons. The van der Waals surface area contributed by atoms with Gasteiger partial charge in [0.15, 0.2) is 5.82 Å². The molecule has 2 aromatic rings. The first-order chi connectivity index (χ1) is 11.9. The lowest BCUT2D eigenvalue weighted by Gasteiger charge is -2.28. The Hall–Kier alpha value is -2.71. The number of hydrogen-bond donors (Lipinski definition) is 2. The molecule has 0 unspecified atom stereocenters. The van der Waals surface area contributed by atoms with Crippen molar-refractivity contribution in [3.8, 4) is 0 Å². The average Bonchev–Trinajstić information content (AvgIpc) is 3.03. The maximum Gasteiger partial charge on any atom is 0.317 e. The second kappa shape index (κ2) is 6.66. The lowest BCUT2D eigenvalue weighted by molar-refractivity contribution is 0.150. The molecule has 1 aliphatic rings. The minimum absolute atomic E-state index is 0.0479. The van der Waals surface area contributed by atoms with Crippen molar-refractivity contribution in [2.75, 3.05) is 25.5 Å². The zero-order chi connectivity index (χ0) is 18.1. The van der Waals surface area contributed by atoms with Crippen LogP contribution in [0.25, 0.3) is 0 Å². The molecule has 7 nitrogen and oxygen atoms in total. The van der Waals surface area contributed by atoms with Crippen molar-refractivity contribution in [1.82, 2.24) is 25.4 Å². The largest absolute Gasteiger partial charge is 0.341 e. The zero-order valence-electron chi connectivity index (χ0n) is 14.3. The minimum atomic E-state index is -2.56. The molecule has 0 aromatic carbocycles. The first kappa shape index (κ1) is 17.1. The van der Waals surface area contributed by atoms with E-state index in [-0.39, 0.29) is 11.6 Å². The molecule has 2 amide bonds. The summed E-state index contributed by atoms with van der Waals surface area (Å²) in [6.07, 6.45) is -0.469. The number of rotatable bonds is 3. The van der Waals surface area contributed by atoms with Gasteiger partial charge in [-0.1, -0.05) is 0 Å². The van der Waals surface area contributed by atoms with Crippen LogP contribution in [-0.4, -0.2) is 46.8 Å². The zero-order valence-corrected chi connectivity index (χ0v) is 14.3. The molecule has 0 atom stereocenters. The van der Waals surface area contributed by atoms with Gasteiger partial charge in [-0.15, -0.1) is 0 Å². The van der Waals surface area contributed by atoms with Crippen LogP contribution in [0.5, 0.6) is 0 Å². The van der Waals surface area contributed by atoms with Crippen LogP contribution in [0.4, 0.5) is 25.2 Å². The quantitative estimate of drug-likeness (QED) is 0.892. The second-order valence-electron chi connectivity index (χ2n) is 5.99. The summed E-state index contributed by atoms with van der Waals surface area (Å²) in [5, 5.41) is 9.89. The van der Waals surface area contributed by atoms with Crippen LogP contribution in [0.15, 0.2) is 12.3 Å². The number of halogens is 2. The molecular formula is C16H20F2N6O. The van der Waals surface area contributed by atoms with E-state index in [4.69, 9.17) is 0 Å². The van der Waals surface area contributed by atoms with Crippen LogP contribution in [0, 0.1) is 6.92 Å². The van der Waals surface area contributed by atoms with Crippen LogP contribution in [-0.2, 0) is 13.0 Å². The maximum atomic E-state index is 13.1. The summed E-state index contributed by atoms with van der Waals surface area (Å²) in [6.45, 7) is 2.60. The number of carbonyl (C=O) groups excluding carboxylic acids is 1. The predicted molar refractivity (Wildman–Crippen MR) is 89.2 cm³/mol. The van der Waals surface area contributed by atoms with Crippen LogP contribution >= 0.6 is 0 Å². The fraction of sp³-hybridized carbons (Fsp3) is 0.438. The van der Waals surface area contributed by atoms with Gasteiger partial charge in [0.05, 0.1) is 6.54 Å². The summed E-state index contributed by atoms with van der Waals surface area (Å²) in [5.41, 5.74) is 2.22. The van der Waals surface area contributed by atoms with E-state index in [1.54, 1.807) is 30.8 Å². The number of H-pyrrole nitrogens is 1. The Morgan fingerprint density at radius 1 is 1.48 bits per heavy atom. The number of nitrogens with zero attached hydrogens (tertiary/aromatic N) is 4. The molecule has 0 bridgehead atoms. The number of urea groups is 1. The van der Waals surface area contributed by atoms with Gasteiger partial charge < -0.3 is 15.1 Å². The molecule has 0 spiro atoms.